The predicted molar refractivity (Wildman–Crippen MR) is 120 cm³/mol. The van der Waals surface area contributed by atoms with Gasteiger partial charge in [0.1, 0.15) is 10.7 Å². The fourth-order valence-electron chi connectivity index (χ4n) is 4.14. The molecule has 2 heterocycles. The van der Waals surface area contributed by atoms with E-state index in [1.165, 1.54) is 12.0 Å². The minimum absolute atomic E-state index is 0.00950. The second-order valence-electron chi connectivity index (χ2n) is 7.57. The molecule has 0 amide bonds. The SMILES string of the molecule is COC(=O)CCCn1c(Cc2ccc(OC)c(OC)c2)nc2sc3c(c2c1=O)CCC3. The molecule has 0 atom stereocenters. The molecule has 0 saturated carbocycles. The van der Waals surface area contributed by atoms with E-state index in [1.54, 1.807) is 30.1 Å². The zero-order chi connectivity index (χ0) is 22.0. The lowest BCUT2D eigenvalue weighted by atomic mass is 10.1. The molecule has 0 unspecified atom stereocenters. The number of nitrogens with zero attached hydrogens (tertiary/aromatic N) is 2. The van der Waals surface area contributed by atoms with Crippen LogP contribution in [0.3, 0.4) is 0 Å². The molecule has 1 aliphatic rings. The molecule has 0 N–H and O–H groups in total. The zero-order valence-corrected chi connectivity index (χ0v) is 18.8. The molecule has 31 heavy (non-hydrogen) atoms. The standard InChI is InChI=1S/C23H26N2O5S/c1-28-16-10-9-14(12-17(16)29-2)13-19-24-22-21(15-6-4-7-18(15)31-22)23(27)25(19)11-5-8-20(26)30-3/h9-10,12H,4-8,11,13H2,1-3H3. The summed E-state index contributed by atoms with van der Waals surface area (Å²) in [7, 11) is 4.57. The molecule has 0 aliphatic heterocycles. The molecule has 8 heteroatoms. The van der Waals surface area contributed by atoms with E-state index in [4.69, 9.17) is 19.2 Å². The summed E-state index contributed by atoms with van der Waals surface area (Å²) in [6.45, 7) is 0.421. The molecule has 0 radical (unpaired) electrons. The number of rotatable bonds is 8. The Hall–Kier alpha value is -2.87. The van der Waals surface area contributed by atoms with Crippen LogP contribution in [0.15, 0.2) is 23.0 Å². The molecule has 1 aromatic carbocycles. The second-order valence-corrected chi connectivity index (χ2v) is 8.65. The van der Waals surface area contributed by atoms with Gasteiger partial charge >= 0.3 is 5.97 Å². The van der Waals surface area contributed by atoms with Crippen LogP contribution in [0.4, 0.5) is 0 Å². The van der Waals surface area contributed by atoms with Crippen molar-refractivity contribution in [2.45, 2.75) is 45.1 Å². The summed E-state index contributed by atoms with van der Waals surface area (Å²) in [5.41, 5.74) is 2.12. The molecule has 0 fully saturated rings. The topological polar surface area (TPSA) is 79.7 Å². The van der Waals surface area contributed by atoms with Gasteiger partial charge in [-0.25, -0.2) is 4.98 Å². The number of aromatic nitrogens is 2. The van der Waals surface area contributed by atoms with Gasteiger partial charge in [-0.3, -0.25) is 14.2 Å². The summed E-state index contributed by atoms with van der Waals surface area (Å²) < 4.78 is 17.2. The highest BCUT2D eigenvalue weighted by Crippen LogP contribution is 2.35. The number of fused-ring (bicyclic) bond motifs is 3. The molecule has 0 saturated heterocycles. The Kier molecular flexibility index (Phi) is 6.27. The molecule has 0 bridgehead atoms. The monoisotopic (exact) mass is 442 g/mol. The fraction of sp³-hybridized carbons (Fsp3) is 0.435. The van der Waals surface area contributed by atoms with E-state index >= 15 is 0 Å². The van der Waals surface area contributed by atoms with Crippen LogP contribution >= 0.6 is 11.3 Å². The van der Waals surface area contributed by atoms with E-state index in [0.717, 1.165) is 40.6 Å². The van der Waals surface area contributed by atoms with Gasteiger partial charge in [-0.05, 0) is 48.9 Å². The molecule has 0 spiro atoms. The summed E-state index contributed by atoms with van der Waals surface area (Å²) in [6, 6.07) is 5.71. The van der Waals surface area contributed by atoms with Crippen LogP contribution < -0.4 is 15.0 Å². The lowest BCUT2D eigenvalue weighted by Crippen LogP contribution is -2.26. The van der Waals surface area contributed by atoms with Crippen molar-refractivity contribution >= 4 is 27.5 Å². The van der Waals surface area contributed by atoms with E-state index in [9.17, 15) is 9.59 Å². The molecule has 7 nitrogen and oxygen atoms in total. The van der Waals surface area contributed by atoms with Gasteiger partial charge < -0.3 is 14.2 Å². The maximum absolute atomic E-state index is 13.5. The van der Waals surface area contributed by atoms with Crippen LogP contribution in [0.25, 0.3) is 10.2 Å². The molecular formula is C23H26N2O5S. The van der Waals surface area contributed by atoms with E-state index in [0.29, 0.717) is 36.7 Å². The second kappa shape index (κ2) is 9.09. The van der Waals surface area contributed by atoms with E-state index in [2.05, 4.69) is 0 Å². The van der Waals surface area contributed by atoms with Crippen LogP contribution in [0.1, 0.15) is 41.1 Å². The Morgan fingerprint density at radius 3 is 2.71 bits per heavy atom. The Labute approximate surface area is 184 Å². The molecular weight excluding hydrogens is 416 g/mol. The van der Waals surface area contributed by atoms with Gasteiger partial charge in [0.2, 0.25) is 0 Å². The van der Waals surface area contributed by atoms with Gasteiger partial charge in [0, 0.05) is 24.3 Å². The van der Waals surface area contributed by atoms with E-state index in [-0.39, 0.29) is 17.9 Å². The third-order valence-corrected chi connectivity index (χ3v) is 6.89. The smallest absolute Gasteiger partial charge is 0.305 e. The first-order valence-electron chi connectivity index (χ1n) is 10.4. The molecule has 164 valence electrons. The van der Waals surface area contributed by atoms with Gasteiger partial charge in [0.25, 0.3) is 5.56 Å². The number of carbonyl (C=O) groups excluding carboxylic acids is 1. The summed E-state index contributed by atoms with van der Waals surface area (Å²) in [5.74, 6) is 1.70. The van der Waals surface area contributed by atoms with Crippen LogP contribution in [0.5, 0.6) is 11.5 Å². The quantitative estimate of drug-likeness (QED) is 0.497. The van der Waals surface area contributed by atoms with Gasteiger partial charge in [0.15, 0.2) is 11.5 Å². The lowest BCUT2D eigenvalue weighted by Gasteiger charge is -2.14. The fourth-order valence-corrected chi connectivity index (χ4v) is 5.41. The van der Waals surface area contributed by atoms with E-state index in [1.807, 2.05) is 18.2 Å². The van der Waals surface area contributed by atoms with Crippen molar-refractivity contribution in [2.75, 3.05) is 21.3 Å². The number of benzene rings is 1. The number of carbonyl (C=O) groups is 1. The number of esters is 1. The number of hydrogen-bond acceptors (Lipinski definition) is 7. The minimum atomic E-state index is -0.278. The van der Waals surface area contributed by atoms with Crippen molar-refractivity contribution in [2.24, 2.45) is 0 Å². The van der Waals surface area contributed by atoms with Crippen molar-refractivity contribution in [3.8, 4) is 11.5 Å². The third kappa shape index (κ3) is 4.17. The maximum Gasteiger partial charge on any atom is 0.305 e. The number of methoxy groups -OCH3 is 3. The first kappa shape index (κ1) is 21.4. The first-order valence-corrected chi connectivity index (χ1v) is 11.2. The maximum atomic E-state index is 13.5. The third-order valence-electron chi connectivity index (χ3n) is 5.70. The summed E-state index contributed by atoms with van der Waals surface area (Å²) in [6.07, 6.45) is 4.30. The first-order chi connectivity index (χ1) is 15.0. The Bertz CT molecular complexity index is 1180. The highest BCUT2D eigenvalue weighted by atomic mass is 32.1. The predicted octanol–water partition coefficient (Wildman–Crippen LogP) is 3.51. The average molecular weight is 443 g/mol. The van der Waals surface area contributed by atoms with Gasteiger partial charge in [-0.2, -0.15) is 0 Å². The van der Waals surface area contributed by atoms with Crippen LogP contribution in [0.2, 0.25) is 0 Å². The number of hydrogen-bond donors (Lipinski definition) is 0. The Morgan fingerprint density at radius 1 is 1.16 bits per heavy atom. The van der Waals surface area contributed by atoms with Crippen molar-refractivity contribution < 1.29 is 19.0 Å². The van der Waals surface area contributed by atoms with Crippen LogP contribution in [0, 0.1) is 0 Å². The highest BCUT2D eigenvalue weighted by molar-refractivity contribution is 7.18. The highest BCUT2D eigenvalue weighted by Gasteiger charge is 2.23. The molecule has 2 aromatic heterocycles. The Balaban J connectivity index is 1.74. The van der Waals surface area contributed by atoms with E-state index < -0.39 is 0 Å². The van der Waals surface area contributed by atoms with Crippen molar-refractivity contribution in [1.29, 1.82) is 0 Å². The number of thiophene rings is 1. The van der Waals surface area contributed by atoms with Crippen LogP contribution in [-0.2, 0) is 35.3 Å². The van der Waals surface area contributed by atoms with Crippen molar-refractivity contribution in [3.63, 3.8) is 0 Å². The minimum Gasteiger partial charge on any atom is -0.493 e. The van der Waals surface area contributed by atoms with Gasteiger partial charge in [-0.15, -0.1) is 11.3 Å². The summed E-state index contributed by atoms with van der Waals surface area (Å²) >= 11 is 1.64. The van der Waals surface area contributed by atoms with Crippen molar-refractivity contribution in [3.05, 3.63) is 50.4 Å². The van der Waals surface area contributed by atoms with Gasteiger partial charge in [0.05, 0.1) is 26.7 Å². The molecule has 3 aromatic rings. The lowest BCUT2D eigenvalue weighted by molar-refractivity contribution is -0.140. The van der Waals surface area contributed by atoms with Crippen molar-refractivity contribution in [1.82, 2.24) is 9.55 Å². The average Bonchev–Trinajstić information content (AvgIpc) is 3.36. The number of aryl methyl sites for hydroxylation is 2. The van der Waals surface area contributed by atoms with Crippen LogP contribution in [-0.4, -0.2) is 36.8 Å². The largest absolute Gasteiger partial charge is 0.493 e. The molecule has 1 aliphatic carbocycles. The summed E-state index contributed by atoms with van der Waals surface area (Å²) in [5, 5.41) is 0.756. The summed E-state index contributed by atoms with van der Waals surface area (Å²) in [4.78, 5) is 32.1. The zero-order valence-electron chi connectivity index (χ0n) is 18.0. The molecule has 4 rings (SSSR count). The number of ether oxygens (including phenoxy) is 3. The van der Waals surface area contributed by atoms with Gasteiger partial charge in [-0.1, -0.05) is 6.07 Å². The normalized spacial score (nSPS) is 12.7. The Morgan fingerprint density at radius 2 is 1.97 bits per heavy atom.